The molecule has 0 N–H and O–H groups in total. The Morgan fingerprint density at radius 3 is 2.15 bits per heavy atom. The van der Waals surface area contributed by atoms with Crippen LogP contribution in [0.2, 0.25) is 13.1 Å². The summed E-state index contributed by atoms with van der Waals surface area (Å²) in [5, 5.41) is 1.37. The predicted octanol–water partition coefficient (Wildman–Crippen LogP) is 7.95. The van der Waals surface area contributed by atoms with E-state index >= 15 is 0 Å². The minimum Gasteiger partial charge on any atom is -0.465 e. The summed E-state index contributed by atoms with van der Waals surface area (Å²) in [5.74, 6) is -0.263. The van der Waals surface area contributed by atoms with Crippen molar-refractivity contribution in [3.8, 4) is 0 Å². The molecule has 0 aliphatic carbocycles. The molecule has 0 aromatic heterocycles. The average molecular weight is 457 g/mol. The van der Waals surface area contributed by atoms with Gasteiger partial charge in [0.15, 0.2) is 0 Å². The highest BCUT2D eigenvalue weighted by Crippen LogP contribution is 2.42. The second-order valence-corrected chi connectivity index (χ2v) is 13.4. The Bertz CT molecular complexity index is 1090. The van der Waals surface area contributed by atoms with Gasteiger partial charge in [0, 0.05) is 0 Å². The van der Waals surface area contributed by atoms with Gasteiger partial charge in [-0.25, -0.2) is 4.79 Å². The van der Waals surface area contributed by atoms with E-state index in [0.29, 0.717) is 5.57 Å². The van der Waals surface area contributed by atoms with Crippen molar-refractivity contribution < 1.29 is 9.53 Å². The Morgan fingerprint density at radius 2 is 1.58 bits per heavy atom. The molecule has 0 bridgehead atoms. The van der Waals surface area contributed by atoms with Gasteiger partial charge in [-0.05, 0) is 45.9 Å². The summed E-state index contributed by atoms with van der Waals surface area (Å²) >= 11 is 0. The van der Waals surface area contributed by atoms with Crippen molar-refractivity contribution in [2.75, 3.05) is 7.11 Å². The van der Waals surface area contributed by atoms with Crippen molar-refractivity contribution in [3.05, 3.63) is 106 Å². The van der Waals surface area contributed by atoms with Crippen LogP contribution in [0.3, 0.4) is 0 Å². The molecule has 0 spiro atoms. The maximum Gasteiger partial charge on any atom is 0.337 e. The Hall–Kier alpha value is -2.91. The van der Waals surface area contributed by atoms with Crippen LogP contribution >= 0.6 is 0 Å². The van der Waals surface area contributed by atoms with E-state index in [1.54, 1.807) is 0 Å². The molecule has 3 rings (SSSR count). The first kappa shape index (κ1) is 24.7. The molecule has 0 fully saturated rings. The van der Waals surface area contributed by atoms with E-state index < -0.39 is 8.07 Å². The molecule has 0 saturated carbocycles. The second kappa shape index (κ2) is 11.3. The van der Waals surface area contributed by atoms with Gasteiger partial charge in [0.2, 0.25) is 0 Å². The number of hydrogen-bond acceptors (Lipinski definition) is 2. The van der Waals surface area contributed by atoms with Gasteiger partial charge < -0.3 is 4.74 Å². The van der Waals surface area contributed by atoms with Crippen LogP contribution in [0.25, 0.3) is 11.1 Å². The molecule has 2 aromatic rings. The van der Waals surface area contributed by atoms with Crippen molar-refractivity contribution in [1.29, 1.82) is 0 Å². The molecule has 2 nitrogen and oxygen atoms in total. The molecule has 1 aliphatic rings. The minimum absolute atomic E-state index is 0.263. The third-order valence-electron chi connectivity index (χ3n) is 6.12. The fraction of sp³-hybridized carbons (Fsp3) is 0.300. The number of methoxy groups -OCH3 is 1. The zero-order valence-electron chi connectivity index (χ0n) is 20.7. The van der Waals surface area contributed by atoms with Gasteiger partial charge in [0.05, 0.1) is 12.7 Å². The smallest absolute Gasteiger partial charge is 0.337 e. The Morgan fingerprint density at radius 1 is 0.939 bits per heavy atom. The number of esters is 1. The summed E-state index contributed by atoms with van der Waals surface area (Å²) in [6.07, 6.45) is 9.05. The molecule has 2 aromatic carbocycles. The molecule has 0 unspecified atom stereocenters. The lowest BCUT2D eigenvalue weighted by Gasteiger charge is -2.32. The van der Waals surface area contributed by atoms with Crippen LogP contribution in [0, 0.1) is 0 Å². The van der Waals surface area contributed by atoms with Gasteiger partial charge in [-0.1, -0.05) is 118 Å². The number of benzene rings is 2. The lowest BCUT2D eigenvalue weighted by atomic mass is 9.91. The lowest BCUT2D eigenvalue weighted by Crippen LogP contribution is -2.32. The Balaban J connectivity index is 2.37. The molecule has 33 heavy (non-hydrogen) atoms. The standard InChI is InChI=1S/C30H36O2Si/c1-6-8-16-24(15-7-2)29(25-19-13-10-14-20-25)28-21-26(23-17-11-9-12-18-23)27(30(31)32-3)22-33(28,4)5/h9-14,16-22H,6-8,15H2,1-5H3/b24-16+,29-28-. The molecule has 3 heteroatoms. The quantitative estimate of drug-likeness (QED) is 0.297. The van der Waals surface area contributed by atoms with Crippen LogP contribution in [0.5, 0.6) is 0 Å². The van der Waals surface area contributed by atoms with Crippen molar-refractivity contribution in [1.82, 2.24) is 0 Å². The second-order valence-electron chi connectivity index (χ2n) is 9.12. The number of rotatable bonds is 8. The highest BCUT2D eigenvalue weighted by Gasteiger charge is 2.34. The largest absolute Gasteiger partial charge is 0.465 e. The maximum atomic E-state index is 12.8. The number of allylic oxidation sites excluding steroid dienone is 5. The maximum absolute atomic E-state index is 12.8. The molecule has 172 valence electrons. The molecular weight excluding hydrogens is 420 g/mol. The van der Waals surface area contributed by atoms with Gasteiger partial charge in [0.1, 0.15) is 8.07 Å². The first-order valence-corrected chi connectivity index (χ1v) is 15.1. The van der Waals surface area contributed by atoms with E-state index in [4.69, 9.17) is 4.74 Å². The predicted molar refractivity (Wildman–Crippen MR) is 143 cm³/mol. The van der Waals surface area contributed by atoms with E-state index in [1.807, 2.05) is 18.2 Å². The summed E-state index contributed by atoms with van der Waals surface area (Å²) < 4.78 is 5.20. The van der Waals surface area contributed by atoms with Crippen LogP contribution in [-0.4, -0.2) is 21.2 Å². The van der Waals surface area contributed by atoms with Crippen molar-refractivity contribution >= 4 is 25.2 Å². The van der Waals surface area contributed by atoms with Gasteiger partial charge in [-0.3, -0.25) is 0 Å². The van der Waals surface area contributed by atoms with Crippen LogP contribution in [0.1, 0.15) is 50.7 Å². The summed E-state index contributed by atoms with van der Waals surface area (Å²) in [6, 6.07) is 20.9. The molecule has 0 amide bonds. The average Bonchev–Trinajstić information content (AvgIpc) is 2.83. The van der Waals surface area contributed by atoms with E-state index in [-0.39, 0.29) is 5.97 Å². The van der Waals surface area contributed by atoms with E-state index in [2.05, 4.69) is 87.3 Å². The van der Waals surface area contributed by atoms with Gasteiger partial charge in [-0.15, -0.1) is 0 Å². The topological polar surface area (TPSA) is 26.3 Å². The summed E-state index contributed by atoms with van der Waals surface area (Å²) in [6.45, 7) is 9.14. The highest BCUT2D eigenvalue weighted by atomic mass is 28.3. The zero-order valence-corrected chi connectivity index (χ0v) is 21.7. The van der Waals surface area contributed by atoms with E-state index in [9.17, 15) is 4.79 Å². The first-order valence-electron chi connectivity index (χ1n) is 12.0. The number of carbonyl (C=O) groups excluding carboxylic acids is 1. The SMILES string of the molecule is CCC/C=C(CCC)/C(=C1\C=C(c2ccccc2)C(C(=O)OC)=C[Si]1(C)C)c1ccccc1. The van der Waals surface area contributed by atoms with Gasteiger partial charge in [-0.2, -0.15) is 0 Å². The summed E-state index contributed by atoms with van der Waals surface area (Å²) in [7, 11) is -0.648. The molecule has 0 saturated heterocycles. The third kappa shape index (κ3) is 5.72. The monoisotopic (exact) mass is 456 g/mol. The third-order valence-corrected chi connectivity index (χ3v) is 8.91. The van der Waals surface area contributed by atoms with Crippen LogP contribution in [0.4, 0.5) is 0 Å². The van der Waals surface area contributed by atoms with Crippen molar-refractivity contribution in [2.24, 2.45) is 0 Å². The summed E-state index contributed by atoms with van der Waals surface area (Å²) in [5.41, 5.74) is 8.91. The van der Waals surface area contributed by atoms with Gasteiger partial charge >= 0.3 is 5.97 Å². The van der Waals surface area contributed by atoms with E-state index in [1.165, 1.54) is 29.0 Å². The summed E-state index contributed by atoms with van der Waals surface area (Å²) in [4.78, 5) is 12.8. The highest BCUT2D eigenvalue weighted by molar-refractivity contribution is 6.91. The van der Waals surface area contributed by atoms with Crippen LogP contribution in [-0.2, 0) is 9.53 Å². The fourth-order valence-electron chi connectivity index (χ4n) is 4.49. The Kier molecular flexibility index (Phi) is 8.46. The molecule has 0 radical (unpaired) electrons. The normalized spacial score (nSPS) is 17.2. The van der Waals surface area contributed by atoms with E-state index in [0.717, 1.165) is 36.8 Å². The van der Waals surface area contributed by atoms with Crippen molar-refractivity contribution in [3.63, 3.8) is 0 Å². The molecule has 1 aliphatic heterocycles. The minimum atomic E-state index is -2.11. The number of unbranched alkanes of at least 4 members (excludes halogenated alkanes) is 1. The zero-order chi connectivity index (χ0) is 23.8. The fourth-order valence-corrected chi connectivity index (χ4v) is 7.11. The first-order chi connectivity index (χ1) is 15.9. The number of hydrogen-bond donors (Lipinski definition) is 0. The lowest BCUT2D eigenvalue weighted by molar-refractivity contribution is -0.135. The van der Waals surface area contributed by atoms with Crippen LogP contribution < -0.4 is 0 Å². The number of ether oxygens (including phenoxy) is 1. The Labute approximate surface area is 200 Å². The van der Waals surface area contributed by atoms with Crippen molar-refractivity contribution in [2.45, 2.75) is 52.6 Å². The molecule has 0 atom stereocenters. The van der Waals surface area contributed by atoms with Crippen LogP contribution in [0.15, 0.2) is 94.9 Å². The molecule has 1 heterocycles. The van der Waals surface area contributed by atoms with Gasteiger partial charge in [0.25, 0.3) is 0 Å². The number of carbonyl (C=O) groups is 1. The molecular formula is C30H36O2Si.